The molecule has 0 amide bonds. The van der Waals surface area contributed by atoms with Crippen LogP contribution in [0.25, 0.3) is 0 Å². The third kappa shape index (κ3) is 5.24. The van der Waals surface area contributed by atoms with Crippen molar-refractivity contribution in [1.82, 2.24) is 4.72 Å². The Morgan fingerprint density at radius 2 is 1.69 bits per heavy atom. The molecule has 2 aromatic carbocycles. The van der Waals surface area contributed by atoms with Gasteiger partial charge in [0, 0.05) is 19.2 Å². The summed E-state index contributed by atoms with van der Waals surface area (Å²) in [5, 5.41) is 33.8. The van der Waals surface area contributed by atoms with Gasteiger partial charge in [-0.3, -0.25) is 20.2 Å². The first-order valence-corrected chi connectivity index (χ1v) is 9.51. The first kappa shape index (κ1) is 21.7. The molecule has 0 saturated carbocycles. The molecule has 0 aliphatic heterocycles. The van der Waals surface area contributed by atoms with Gasteiger partial charge in [-0.2, -0.15) is 0 Å². The number of carbonyl (C=O) groups is 1. The number of rotatable bonds is 9. The molecular weight excluding hydrogens is 408 g/mol. The fraction of sp³-hybridized carbons (Fsp3) is 0.188. The highest BCUT2D eigenvalue weighted by Gasteiger charge is 2.27. The maximum atomic E-state index is 12.2. The molecule has 0 radical (unpaired) electrons. The van der Waals surface area contributed by atoms with E-state index in [4.69, 9.17) is 0 Å². The molecule has 0 saturated heterocycles. The molecule has 0 aliphatic carbocycles. The Kier molecular flexibility index (Phi) is 6.45. The smallest absolute Gasteiger partial charge is 0.338 e. The van der Waals surface area contributed by atoms with E-state index < -0.39 is 48.5 Å². The number of nitro benzene ring substituents is 2. The molecule has 3 N–H and O–H groups in total. The summed E-state index contributed by atoms with van der Waals surface area (Å²) < 4.78 is 26.7. The molecule has 2 aromatic rings. The Bertz CT molecular complexity index is 1030. The highest BCUT2D eigenvalue weighted by Crippen LogP contribution is 2.33. The van der Waals surface area contributed by atoms with E-state index >= 15 is 0 Å². The van der Waals surface area contributed by atoms with Crippen LogP contribution in [0.4, 0.5) is 17.1 Å². The van der Waals surface area contributed by atoms with Crippen LogP contribution < -0.4 is 10.0 Å². The van der Waals surface area contributed by atoms with E-state index in [1.54, 1.807) is 19.1 Å². The van der Waals surface area contributed by atoms with Gasteiger partial charge in [0.15, 0.2) is 0 Å². The largest absolute Gasteiger partial charge is 0.478 e. The number of non-ortho nitro benzene ring substituents is 1. The Balaban J connectivity index is 2.19. The lowest BCUT2D eigenvalue weighted by atomic mass is 10.1. The number of carboxylic acid groups (broad SMARTS) is 1. The highest BCUT2D eigenvalue weighted by molar-refractivity contribution is 7.89. The normalized spacial score (nSPS) is 11.1. The summed E-state index contributed by atoms with van der Waals surface area (Å²) in [5.74, 6) is -1.61. The summed E-state index contributed by atoms with van der Waals surface area (Å²) in [6, 6.07) is 7.38. The number of nitro groups is 2. The van der Waals surface area contributed by atoms with Gasteiger partial charge in [-0.1, -0.05) is 17.7 Å². The van der Waals surface area contributed by atoms with Crippen LogP contribution in [0.1, 0.15) is 15.9 Å². The number of aryl methyl sites for hydroxylation is 1. The second-order valence-corrected chi connectivity index (χ2v) is 7.61. The number of hydrogen-bond acceptors (Lipinski definition) is 8. The first-order chi connectivity index (χ1) is 13.5. The topological polar surface area (TPSA) is 182 Å². The number of carboxylic acids is 1. The van der Waals surface area contributed by atoms with Crippen LogP contribution in [0.2, 0.25) is 0 Å². The average molecular weight is 424 g/mol. The number of nitrogens with one attached hydrogen (secondary N) is 2. The number of benzene rings is 2. The van der Waals surface area contributed by atoms with E-state index in [0.29, 0.717) is 12.1 Å². The van der Waals surface area contributed by atoms with Crippen LogP contribution in [0.5, 0.6) is 0 Å². The van der Waals surface area contributed by atoms with Crippen LogP contribution in [0, 0.1) is 27.2 Å². The zero-order valence-corrected chi connectivity index (χ0v) is 15.8. The van der Waals surface area contributed by atoms with Crippen LogP contribution in [0.3, 0.4) is 0 Å². The number of aromatic carboxylic acids is 1. The minimum Gasteiger partial charge on any atom is -0.478 e. The highest BCUT2D eigenvalue weighted by atomic mass is 32.2. The molecule has 0 aromatic heterocycles. The molecule has 0 aliphatic rings. The predicted molar refractivity (Wildman–Crippen MR) is 102 cm³/mol. The number of sulfonamides is 1. The van der Waals surface area contributed by atoms with E-state index in [-0.39, 0.29) is 18.0 Å². The Morgan fingerprint density at radius 3 is 2.21 bits per heavy atom. The minimum absolute atomic E-state index is 0.0237. The van der Waals surface area contributed by atoms with Gasteiger partial charge >= 0.3 is 5.97 Å². The maximum Gasteiger partial charge on any atom is 0.338 e. The van der Waals surface area contributed by atoms with Gasteiger partial charge in [0.05, 0.1) is 26.4 Å². The summed E-state index contributed by atoms with van der Waals surface area (Å²) in [7, 11) is -3.83. The van der Waals surface area contributed by atoms with Crippen molar-refractivity contribution in [2.75, 3.05) is 18.4 Å². The van der Waals surface area contributed by atoms with Crippen molar-refractivity contribution in [3.05, 3.63) is 67.8 Å². The van der Waals surface area contributed by atoms with Crippen LogP contribution in [0.15, 0.2) is 41.3 Å². The van der Waals surface area contributed by atoms with Gasteiger partial charge in [-0.25, -0.2) is 17.9 Å². The molecule has 29 heavy (non-hydrogen) atoms. The second kappa shape index (κ2) is 8.62. The Hall–Kier alpha value is -3.58. The van der Waals surface area contributed by atoms with Crippen molar-refractivity contribution in [3.63, 3.8) is 0 Å². The van der Waals surface area contributed by atoms with Gasteiger partial charge < -0.3 is 10.4 Å². The van der Waals surface area contributed by atoms with Crippen molar-refractivity contribution in [3.8, 4) is 0 Å². The average Bonchev–Trinajstić information content (AvgIpc) is 2.64. The number of hydrogen-bond donors (Lipinski definition) is 3. The molecule has 0 unspecified atom stereocenters. The summed E-state index contributed by atoms with van der Waals surface area (Å²) in [6.07, 6.45) is 0. The Labute approximate surface area is 164 Å². The second-order valence-electron chi connectivity index (χ2n) is 5.84. The third-order valence-corrected chi connectivity index (χ3v) is 5.27. The van der Waals surface area contributed by atoms with Gasteiger partial charge in [0.1, 0.15) is 5.69 Å². The number of anilines is 1. The van der Waals surface area contributed by atoms with Crippen LogP contribution in [-0.2, 0) is 10.0 Å². The quantitative estimate of drug-likeness (QED) is 0.307. The van der Waals surface area contributed by atoms with Crippen LogP contribution in [-0.4, -0.2) is 42.4 Å². The molecule has 2 rings (SSSR count). The number of nitrogens with zero attached hydrogens (tertiary/aromatic N) is 2. The lowest BCUT2D eigenvalue weighted by Crippen LogP contribution is -2.29. The van der Waals surface area contributed by atoms with Gasteiger partial charge in [-0.15, -0.1) is 0 Å². The summed E-state index contributed by atoms with van der Waals surface area (Å²) in [6.45, 7) is 1.37. The molecule has 13 heteroatoms. The van der Waals surface area contributed by atoms with Crippen molar-refractivity contribution in [1.29, 1.82) is 0 Å². The fourth-order valence-corrected chi connectivity index (χ4v) is 3.42. The molecular formula is C16H16N4O8S. The maximum absolute atomic E-state index is 12.2. The van der Waals surface area contributed by atoms with E-state index in [0.717, 1.165) is 5.56 Å². The standard InChI is InChI=1S/C16H16N4O8S/c1-10-2-4-12(5-3-10)29(27,28)18-7-6-17-15-13(16(21)22)8-11(19(23)24)9-14(15)20(25)26/h2-5,8-9,17-18H,6-7H2,1H3,(H,21,22). The monoisotopic (exact) mass is 424 g/mol. The SMILES string of the molecule is Cc1ccc(S(=O)(=O)NCCNc2c(C(=O)O)cc([N+](=O)[O-])cc2[N+](=O)[O-])cc1. The van der Waals surface area contributed by atoms with Crippen LogP contribution >= 0.6 is 0 Å². The molecule has 0 bridgehead atoms. The lowest BCUT2D eigenvalue weighted by molar-refractivity contribution is -0.393. The molecule has 0 spiro atoms. The summed E-state index contributed by atoms with van der Waals surface area (Å²) >= 11 is 0. The van der Waals surface area contributed by atoms with E-state index in [9.17, 15) is 38.5 Å². The molecule has 0 atom stereocenters. The molecule has 0 fully saturated rings. The van der Waals surface area contributed by atoms with E-state index in [1.807, 2.05) is 0 Å². The fourth-order valence-electron chi connectivity index (χ4n) is 2.39. The lowest BCUT2D eigenvalue weighted by Gasteiger charge is -2.11. The van der Waals surface area contributed by atoms with Crippen molar-refractivity contribution in [2.45, 2.75) is 11.8 Å². The van der Waals surface area contributed by atoms with E-state index in [2.05, 4.69) is 10.0 Å². The van der Waals surface area contributed by atoms with Crippen molar-refractivity contribution < 1.29 is 28.2 Å². The summed E-state index contributed by atoms with van der Waals surface area (Å²) in [4.78, 5) is 31.6. The zero-order valence-electron chi connectivity index (χ0n) is 15.0. The third-order valence-electron chi connectivity index (χ3n) is 3.79. The molecule has 12 nitrogen and oxygen atoms in total. The van der Waals surface area contributed by atoms with Gasteiger partial charge in [0.2, 0.25) is 10.0 Å². The zero-order chi connectivity index (χ0) is 21.8. The summed E-state index contributed by atoms with van der Waals surface area (Å²) in [5.41, 5.74) is -1.81. The van der Waals surface area contributed by atoms with Gasteiger partial charge in [-0.05, 0) is 19.1 Å². The van der Waals surface area contributed by atoms with Gasteiger partial charge in [0.25, 0.3) is 11.4 Å². The van der Waals surface area contributed by atoms with Crippen molar-refractivity contribution >= 4 is 33.1 Å². The predicted octanol–water partition coefficient (Wildman–Crippen LogP) is 1.90. The van der Waals surface area contributed by atoms with E-state index in [1.165, 1.54) is 12.1 Å². The Morgan fingerprint density at radius 1 is 1.07 bits per heavy atom. The molecule has 0 heterocycles. The van der Waals surface area contributed by atoms with Crippen molar-refractivity contribution in [2.24, 2.45) is 0 Å². The first-order valence-electron chi connectivity index (χ1n) is 8.03. The minimum atomic E-state index is -3.83. The molecule has 154 valence electrons.